The van der Waals surface area contributed by atoms with Crippen LogP contribution in [0.5, 0.6) is 0 Å². The third-order valence-corrected chi connectivity index (χ3v) is 5.10. The van der Waals surface area contributed by atoms with E-state index in [-0.39, 0.29) is 10.8 Å². The first kappa shape index (κ1) is 16.9. The second kappa shape index (κ2) is 6.11. The van der Waals surface area contributed by atoms with Gasteiger partial charge >= 0.3 is 0 Å². The summed E-state index contributed by atoms with van der Waals surface area (Å²) >= 11 is 3.24. The molecule has 3 N–H and O–H groups in total. The molecule has 1 amide bonds. The number of nitrogen functional groups attached to an aromatic ring is 1. The molecule has 0 aromatic heterocycles. The summed E-state index contributed by atoms with van der Waals surface area (Å²) in [6.07, 6.45) is 0. The lowest BCUT2D eigenvalue weighted by atomic mass is 10.2. The van der Waals surface area contributed by atoms with Crippen molar-refractivity contribution in [2.75, 3.05) is 19.8 Å². The summed E-state index contributed by atoms with van der Waals surface area (Å²) in [6, 6.07) is 2.15. The van der Waals surface area contributed by atoms with Crippen LogP contribution in [0.3, 0.4) is 0 Å². The van der Waals surface area contributed by atoms with Gasteiger partial charge < -0.3 is 10.6 Å². The van der Waals surface area contributed by atoms with Gasteiger partial charge in [-0.05, 0) is 47.5 Å². The molecular formula is C12H18BrN3O3S. The largest absolute Gasteiger partial charge is 0.398 e. The Bertz CT molecular complexity index is 629. The van der Waals surface area contributed by atoms with Crippen LogP contribution >= 0.6 is 15.9 Å². The zero-order valence-corrected chi connectivity index (χ0v) is 14.2. The SMILES string of the molecule is Cc1cc(Br)c(N)cc1S(=O)(=O)NC(C)C(=O)N(C)C. The van der Waals surface area contributed by atoms with Gasteiger partial charge in [0.2, 0.25) is 15.9 Å². The van der Waals surface area contributed by atoms with Gasteiger partial charge in [0.1, 0.15) is 0 Å². The summed E-state index contributed by atoms with van der Waals surface area (Å²) in [4.78, 5) is 13.1. The van der Waals surface area contributed by atoms with Gasteiger partial charge in [-0.1, -0.05) is 0 Å². The highest BCUT2D eigenvalue weighted by atomic mass is 79.9. The van der Waals surface area contributed by atoms with Crippen LogP contribution in [0, 0.1) is 6.92 Å². The molecule has 6 nitrogen and oxygen atoms in total. The van der Waals surface area contributed by atoms with Crippen LogP contribution in [-0.2, 0) is 14.8 Å². The number of carbonyl (C=O) groups is 1. The van der Waals surface area contributed by atoms with Gasteiger partial charge in [-0.3, -0.25) is 4.79 Å². The molecule has 0 aliphatic heterocycles. The normalized spacial score (nSPS) is 13.1. The molecule has 20 heavy (non-hydrogen) atoms. The Kier molecular flexibility index (Phi) is 5.17. The Morgan fingerprint density at radius 2 is 1.95 bits per heavy atom. The van der Waals surface area contributed by atoms with Crippen LogP contribution in [0.2, 0.25) is 0 Å². The molecule has 1 aromatic carbocycles. The first-order valence-electron chi connectivity index (χ1n) is 5.85. The van der Waals surface area contributed by atoms with E-state index in [1.807, 2.05) is 0 Å². The van der Waals surface area contributed by atoms with E-state index in [0.717, 1.165) is 0 Å². The van der Waals surface area contributed by atoms with Crippen molar-refractivity contribution in [3.63, 3.8) is 0 Å². The van der Waals surface area contributed by atoms with E-state index in [1.54, 1.807) is 27.1 Å². The Hall–Kier alpha value is -1.12. The maximum absolute atomic E-state index is 12.3. The minimum absolute atomic E-state index is 0.0663. The molecular weight excluding hydrogens is 346 g/mol. The first-order chi connectivity index (χ1) is 9.06. The number of rotatable bonds is 4. The zero-order chi connectivity index (χ0) is 15.7. The van der Waals surface area contributed by atoms with Gasteiger partial charge in [-0.15, -0.1) is 0 Å². The summed E-state index contributed by atoms with van der Waals surface area (Å²) < 4.78 is 27.6. The Labute approximate surface area is 127 Å². The lowest BCUT2D eigenvalue weighted by Gasteiger charge is -2.19. The van der Waals surface area contributed by atoms with Crippen molar-refractivity contribution in [1.82, 2.24) is 9.62 Å². The number of sulfonamides is 1. The minimum atomic E-state index is -3.81. The number of amides is 1. The van der Waals surface area contributed by atoms with Crippen LogP contribution in [0.4, 0.5) is 5.69 Å². The quantitative estimate of drug-likeness (QED) is 0.783. The average molecular weight is 364 g/mol. The number of hydrogen-bond acceptors (Lipinski definition) is 4. The number of carbonyl (C=O) groups excluding carboxylic acids is 1. The van der Waals surface area contributed by atoms with E-state index in [2.05, 4.69) is 20.7 Å². The highest BCUT2D eigenvalue weighted by molar-refractivity contribution is 9.10. The number of aryl methyl sites for hydroxylation is 1. The Morgan fingerprint density at radius 1 is 1.40 bits per heavy atom. The van der Waals surface area contributed by atoms with E-state index in [4.69, 9.17) is 5.73 Å². The lowest BCUT2D eigenvalue weighted by molar-refractivity contribution is -0.130. The molecule has 0 radical (unpaired) electrons. The molecule has 1 aromatic rings. The van der Waals surface area contributed by atoms with Gasteiger partial charge in [0.15, 0.2) is 0 Å². The van der Waals surface area contributed by atoms with Gasteiger partial charge in [0, 0.05) is 24.3 Å². The van der Waals surface area contributed by atoms with E-state index in [0.29, 0.717) is 15.7 Å². The number of benzene rings is 1. The zero-order valence-electron chi connectivity index (χ0n) is 11.8. The molecule has 1 atom stereocenters. The van der Waals surface area contributed by atoms with E-state index >= 15 is 0 Å². The number of likely N-dealkylation sites (N-methyl/N-ethyl adjacent to an activating group) is 1. The van der Waals surface area contributed by atoms with E-state index in [9.17, 15) is 13.2 Å². The Morgan fingerprint density at radius 3 is 2.45 bits per heavy atom. The highest BCUT2D eigenvalue weighted by Crippen LogP contribution is 2.26. The van der Waals surface area contributed by atoms with Gasteiger partial charge in [0.05, 0.1) is 10.9 Å². The summed E-state index contributed by atoms with van der Waals surface area (Å²) in [5.74, 6) is -0.323. The fourth-order valence-electron chi connectivity index (χ4n) is 1.69. The molecule has 0 aliphatic carbocycles. The minimum Gasteiger partial charge on any atom is -0.398 e. The maximum Gasteiger partial charge on any atom is 0.241 e. The monoisotopic (exact) mass is 363 g/mol. The summed E-state index contributed by atoms with van der Waals surface area (Å²) in [5.41, 5.74) is 6.58. The van der Waals surface area contributed by atoms with Crippen LogP contribution in [0.15, 0.2) is 21.5 Å². The van der Waals surface area contributed by atoms with Gasteiger partial charge in [-0.2, -0.15) is 4.72 Å². The van der Waals surface area contributed by atoms with Crippen LogP contribution in [0.25, 0.3) is 0 Å². The van der Waals surface area contributed by atoms with Crippen molar-refractivity contribution in [2.24, 2.45) is 0 Å². The van der Waals surface area contributed by atoms with Crippen LogP contribution in [-0.4, -0.2) is 39.4 Å². The number of anilines is 1. The molecule has 0 aliphatic rings. The number of nitrogens with two attached hydrogens (primary N) is 1. The van der Waals surface area contributed by atoms with E-state index in [1.165, 1.54) is 17.9 Å². The number of nitrogens with one attached hydrogen (secondary N) is 1. The summed E-state index contributed by atoms with van der Waals surface area (Å²) in [5, 5.41) is 0. The number of halogens is 1. The molecule has 0 heterocycles. The van der Waals surface area contributed by atoms with Gasteiger partial charge in [0.25, 0.3) is 0 Å². The molecule has 0 spiro atoms. The maximum atomic E-state index is 12.3. The smallest absolute Gasteiger partial charge is 0.241 e. The third-order valence-electron chi connectivity index (χ3n) is 2.73. The lowest BCUT2D eigenvalue weighted by Crippen LogP contribution is -2.44. The van der Waals surface area contributed by atoms with Crippen molar-refractivity contribution in [2.45, 2.75) is 24.8 Å². The molecule has 0 saturated heterocycles. The molecule has 1 unspecified atom stereocenters. The molecule has 0 saturated carbocycles. The standard InChI is InChI=1S/C12H18BrN3O3S/c1-7-5-9(13)10(14)6-11(7)20(18,19)15-8(2)12(17)16(3)4/h5-6,8,15H,14H2,1-4H3. The molecule has 1 rings (SSSR count). The molecule has 112 valence electrons. The van der Waals surface area contributed by atoms with Gasteiger partial charge in [-0.25, -0.2) is 8.42 Å². The summed E-state index contributed by atoms with van der Waals surface area (Å²) in [6.45, 7) is 3.16. The molecule has 0 fully saturated rings. The fourth-order valence-corrected chi connectivity index (χ4v) is 3.61. The highest BCUT2D eigenvalue weighted by Gasteiger charge is 2.24. The predicted molar refractivity (Wildman–Crippen MR) is 81.8 cm³/mol. The average Bonchev–Trinajstić information content (AvgIpc) is 2.31. The number of nitrogens with zero attached hydrogens (tertiary/aromatic N) is 1. The summed E-state index contributed by atoms with van der Waals surface area (Å²) in [7, 11) is -0.675. The van der Waals surface area contributed by atoms with Crippen LogP contribution < -0.4 is 10.5 Å². The van der Waals surface area contributed by atoms with Crippen molar-refractivity contribution in [1.29, 1.82) is 0 Å². The van der Waals surface area contributed by atoms with E-state index < -0.39 is 16.1 Å². The van der Waals surface area contributed by atoms with Crippen molar-refractivity contribution in [3.05, 3.63) is 22.2 Å². The Balaban J connectivity index is 3.12. The topological polar surface area (TPSA) is 92.5 Å². The number of hydrogen-bond donors (Lipinski definition) is 2. The first-order valence-corrected chi connectivity index (χ1v) is 8.13. The molecule has 8 heteroatoms. The van der Waals surface area contributed by atoms with Crippen LogP contribution in [0.1, 0.15) is 12.5 Å². The second-order valence-electron chi connectivity index (χ2n) is 4.71. The van der Waals surface area contributed by atoms with Crippen molar-refractivity contribution in [3.8, 4) is 0 Å². The predicted octanol–water partition coefficient (Wildman–Crippen LogP) is 1.09. The third kappa shape index (κ3) is 3.71. The fraction of sp³-hybridized carbons (Fsp3) is 0.417. The van der Waals surface area contributed by atoms with Crippen molar-refractivity contribution < 1.29 is 13.2 Å². The molecule has 0 bridgehead atoms. The van der Waals surface area contributed by atoms with Crippen molar-refractivity contribution >= 4 is 37.5 Å². The second-order valence-corrected chi connectivity index (χ2v) is 7.25.